The number of hydrogen-bond acceptors (Lipinski definition) is 5. The Morgan fingerprint density at radius 3 is 2.95 bits per heavy atom. The monoisotopic (exact) mass is 257 g/mol. The van der Waals surface area contributed by atoms with Crippen LogP contribution >= 0.6 is 0 Å². The Bertz CT molecular complexity index is 679. The van der Waals surface area contributed by atoms with Crippen molar-refractivity contribution in [3.63, 3.8) is 0 Å². The van der Waals surface area contributed by atoms with E-state index in [1.54, 1.807) is 6.33 Å². The molecule has 0 aromatic carbocycles. The van der Waals surface area contributed by atoms with Crippen LogP contribution in [0, 0.1) is 13.8 Å². The molecule has 0 amide bonds. The summed E-state index contributed by atoms with van der Waals surface area (Å²) in [4.78, 5) is 29.6. The number of rotatable bonds is 1. The molecule has 1 aliphatic heterocycles. The fourth-order valence-corrected chi connectivity index (χ4v) is 2.36. The third kappa shape index (κ3) is 2.21. The lowest BCUT2D eigenvalue weighted by molar-refractivity contribution is 0.682. The van der Waals surface area contributed by atoms with E-state index in [2.05, 4.69) is 24.8 Å². The summed E-state index contributed by atoms with van der Waals surface area (Å²) in [5, 5.41) is 0. The molecule has 1 aliphatic rings. The highest BCUT2D eigenvalue weighted by molar-refractivity contribution is 5.42. The Morgan fingerprint density at radius 2 is 2.16 bits per heavy atom. The van der Waals surface area contributed by atoms with Crippen LogP contribution < -0.4 is 10.5 Å². The average Bonchev–Trinajstić information content (AvgIpc) is 2.38. The number of hydrogen-bond donors (Lipinski definition) is 1. The maximum absolute atomic E-state index is 12.0. The number of anilines is 1. The zero-order valence-corrected chi connectivity index (χ0v) is 11.0. The molecule has 1 N–H and O–H groups in total. The second-order valence-corrected chi connectivity index (χ2v) is 4.77. The number of nitrogens with one attached hydrogen (secondary N) is 1. The highest BCUT2D eigenvalue weighted by Crippen LogP contribution is 2.19. The molecular formula is C13H15N5O. The van der Waals surface area contributed by atoms with Gasteiger partial charge in [0, 0.05) is 24.7 Å². The molecule has 0 fully saturated rings. The predicted octanol–water partition coefficient (Wildman–Crippen LogP) is 0.739. The fraction of sp³-hybridized carbons (Fsp3) is 0.385. The summed E-state index contributed by atoms with van der Waals surface area (Å²) >= 11 is 0. The van der Waals surface area contributed by atoms with E-state index in [1.807, 2.05) is 19.9 Å². The zero-order chi connectivity index (χ0) is 13.4. The minimum atomic E-state index is -0.0435. The van der Waals surface area contributed by atoms with Gasteiger partial charge in [0.1, 0.15) is 18.0 Å². The van der Waals surface area contributed by atoms with Crippen molar-refractivity contribution in [3.8, 4) is 0 Å². The smallest absolute Gasteiger partial charge is 0.256 e. The van der Waals surface area contributed by atoms with Crippen LogP contribution in [0.25, 0.3) is 0 Å². The Labute approximate surface area is 110 Å². The van der Waals surface area contributed by atoms with Gasteiger partial charge in [0.05, 0.1) is 17.8 Å². The molecule has 0 spiro atoms. The molecule has 3 heterocycles. The highest BCUT2D eigenvalue weighted by atomic mass is 16.1. The Hall–Kier alpha value is -2.24. The molecule has 6 heteroatoms. The van der Waals surface area contributed by atoms with Crippen LogP contribution in [0.4, 0.5) is 5.82 Å². The Morgan fingerprint density at radius 1 is 1.32 bits per heavy atom. The van der Waals surface area contributed by atoms with Crippen molar-refractivity contribution < 1.29 is 0 Å². The van der Waals surface area contributed by atoms with Gasteiger partial charge in [-0.1, -0.05) is 0 Å². The van der Waals surface area contributed by atoms with Gasteiger partial charge in [-0.2, -0.15) is 0 Å². The number of nitrogens with zero attached hydrogens (tertiary/aromatic N) is 4. The lowest BCUT2D eigenvalue weighted by atomic mass is 10.1. The zero-order valence-electron chi connectivity index (χ0n) is 11.0. The maximum atomic E-state index is 12.0. The van der Waals surface area contributed by atoms with Crippen molar-refractivity contribution in [3.05, 3.63) is 45.5 Å². The molecule has 2 aromatic rings. The van der Waals surface area contributed by atoms with Gasteiger partial charge < -0.3 is 9.88 Å². The molecule has 0 saturated heterocycles. The lowest BCUT2D eigenvalue weighted by Gasteiger charge is -2.28. The molecule has 0 saturated carbocycles. The first-order valence-electron chi connectivity index (χ1n) is 6.26. The molecule has 0 bridgehead atoms. The van der Waals surface area contributed by atoms with Crippen molar-refractivity contribution in [1.29, 1.82) is 0 Å². The van der Waals surface area contributed by atoms with Gasteiger partial charge >= 0.3 is 0 Å². The topological polar surface area (TPSA) is 74.8 Å². The summed E-state index contributed by atoms with van der Waals surface area (Å²) in [6.07, 6.45) is 2.32. The first kappa shape index (κ1) is 11.8. The number of aryl methyl sites for hydroxylation is 2. The summed E-state index contributed by atoms with van der Waals surface area (Å²) in [5.74, 6) is 1.54. The summed E-state index contributed by atoms with van der Waals surface area (Å²) in [6, 6.07) is 1.93. The molecule has 6 nitrogen and oxygen atoms in total. The normalized spacial score (nSPS) is 14.3. The fourth-order valence-electron chi connectivity index (χ4n) is 2.36. The molecule has 0 unspecified atom stereocenters. The Kier molecular flexibility index (Phi) is 2.77. The van der Waals surface area contributed by atoms with Crippen molar-refractivity contribution in [2.45, 2.75) is 26.8 Å². The molecule has 0 aliphatic carbocycles. The van der Waals surface area contributed by atoms with E-state index in [1.165, 1.54) is 0 Å². The van der Waals surface area contributed by atoms with E-state index in [9.17, 15) is 4.79 Å². The number of aromatic amines is 1. The van der Waals surface area contributed by atoms with E-state index in [0.717, 1.165) is 35.7 Å². The van der Waals surface area contributed by atoms with E-state index in [-0.39, 0.29) is 5.56 Å². The van der Waals surface area contributed by atoms with Gasteiger partial charge in [-0.15, -0.1) is 0 Å². The quantitative estimate of drug-likeness (QED) is 0.815. The van der Waals surface area contributed by atoms with Gasteiger partial charge in [-0.3, -0.25) is 4.79 Å². The van der Waals surface area contributed by atoms with Crippen LogP contribution in [0.1, 0.15) is 22.8 Å². The first-order chi connectivity index (χ1) is 9.13. The van der Waals surface area contributed by atoms with Crippen molar-refractivity contribution in [2.75, 3.05) is 11.4 Å². The van der Waals surface area contributed by atoms with Crippen molar-refractivity contribution >= 4 is 5.82 Å². The van der Waals surface area contributed by atoms with E-state index in [4.69, 9.17) is 0 Å². The number of aromatic nitrogens is 4. The summed E-state index contributed by atoms with van der Waals surface area (Å²) < 4.78 is 0. The summed E-state index contributed by atoms with van der Waals surface area (Å²) in [5.41, 5.74) is 2.53. The van der Waals surface area contributed by atoms with Crippen molar-refractivity contribution in [1.82, 2.24) is 19.9 Å². The van der Waals surface area contributed by atoms with Gasteiger partial charge in [-0.05, 0) is 13.8 Å². The van der Waals surface area contributed by atoms with Crippen LogP contribution in [0.5, 0.6) is 0 Å². The van der Waals surface area contributed by atoms with Gasteiger partial charge in [0.2, 0.25) is 0 Å². The molecule has 3 rings (SSSR count). The van der Waals surface area contributed by atoms with Crippen LogP contribution in [-0.4, -0.2) is 26.5 Å². The summed E-state index contributed by atoms with van der Waals surface area (Å²) in [7, 11) is 0. The maximum Gasteiger partial charge on any atom is 0.256 e. The highest BCUT2D eigenvalue weighted by Gasteiger charge is 2.21. The molecule has 0 radical (unpaired) electrons. The molecule has 98 valence electrons. The first-order valence-corrected chi connectivity index (χ1v) is 6.26. The van der Waals surface area contributed by atoms with Gasteiger partial charge in [-0.25, -0.2) is 15.0 Å². The average molecular weight is 257 g/mol. The van der Waals surface area contributed by atoms with E-state index >= 15 is 0 Å². The van der Waals surface area contributed by atoms with Crippen molar-refractivity contribution in [2.24, 2.45) is 0 Å². The van der Waals surface area contributed by atoms with Crippen LogP contribution in [0.3, 0.4) is 0 Å². The van der Waals surface area contributed by atoms with Crippen LogP contribution in [0.2, 0.25) is 0 Å². The second kappa shape index (κ2) is 4.46. The minimum absolute atomic E-state index is 0.0435. The van der Waals surface area contributed by atoms with E-state index < -0.39 is 0 Å². The SMILES string of the molecule is Cc1cc(N2CCc3nc(C)[nH]c(=O)c3C2)ncn1. The molecule has 2 aromatic heterocycles. The van der Waals surface area contributed by atoms with Gasteiger partial charge in [0.25, 0.3) is 5.56 Å². The van der Waals surface area contributed by atoms with E-state index in [0.29, 0.717) is 12.4 Å². The minimum Gasteiger partial charge on any atom is -0.352 e. The largest absolute Gasteiger partial charge is 0.352 e. The standard InChI is InChI=1S/C13H15N5O/c1-8-5-12(15-7-14-8)18-4-3-11-10(6-18)13(19)17-9(2)16-11/h5,7H,3-4,6H2,1-2H3,(H,16,17,19). The third-order valence-electron chi connectivity index (χ3n) is 3.30. The van der Waals surface area contributed by atoms with Gasteiger partial charge in [0.15, 0.2) is 0 Å². The molecule has 0 atom stereocenters. The Balaban J connectivity index is 1.96. The van der Waals surface area contributed by atoms with Crippen LogP contribution in [-0.2, 0) is 13.0 Å². The lowest BCUT2D eigenvalue weighted by Crippen LogP contribution is -2.36. The molecule has 19 heavy (non-hydrogen) atoms. The van der Waals surface area contributed by atoms with Crippen LogP contribution in [0.15, 0.2) is 17.2 Å². The number of fused-ring (bicyclic) bond motifs is 1. The third-order valence-corrected chi connectivity index (χ3v) is 3.30. The summed E-state index contributed by atoms with van der Waals surface area (Å²) in [6.45, 7) is 5.11. The number of H-pyrrole nitrogens is 1. The molecular weight excluding hydrogens is 242 g/mol. The second-order valence-electron chi connectivity index (χ2n) is 4.77. The predicted molar refractivity (Wildman–Crippen MR) is 71.1 cm³/mol.